The summed E-state index contributed by atoms with van der Waals surface area (Å²) >= 11 is 0. The maximum atomic E-state index is 11.1. The minimum absolute atomic E-state index is 0.194. The van der Waals surface area contributed by atoms with Gasteiger partial charge in [0.05, 0.1) is 0 Å². The third-order valence-electron chi connectivity index (χ3n) is 1.76. The molecule has 4 heteroatoms. The number of allylic oxidation sites excluding steroid dienone is 1. The van der Waals surface area contributed by atoms with Crippen LogP contribution in [0.25, 0.3) is 0 Å². The van der Waals surface area contributed by atoms with Gasteiger partial charge in [0, 0.05) is 5.41 Å². The summed E-state index contributed by atoms with van der Waals surface area (Å²) in [4.78, 5) is 22.1. The van der Waals surface area contributed by atoms with Crippen LogP contribution in [0.1, 0.15) is 20.8 Å². The molecule has 0 aromatic heterocycles. The lowest BCUT2D eigenvalue weighted by Crippen LogP contribution is -2.16. The molecule has 0 radical (unpaired) electrons. The fraction of sp³-hybridized carbons (Fsp3) is 0.556. The van der Waals surface area contributed by atoms with Gasteiger partial charge in [-0.2, -0.15) is 0 Å². The zero-order valence-corrected chi connectivity index (χ0v) is 7.88. The first-order chi connectivity index (χ1) is 5.84. The first kappa shape index (κ1) is 9.77. The van der Waals surface area contributed by atoms with E-state index in [1.54, 1.807) is 20.8 Å². The number of Topliss-reactive ketones (excluding diaryl/α,β-unsaturated/α-hetero) is 1. The van der Waals surface area contributed by atoms with Crippen molar-refractivity contribution in [2.45, 2.75) is 20.8 Å². The second-order valence-electron chi connectivity index (χ2n) is 3.97. The first-order valence-electron chi connectivity index (χ1n) is 3.98. The van der Waals surface area contributed by atoms with Crippen LogP contribution in [0, 0.1) is 5.41 Å². The lowest BCUT2D eigenvalue weighted by molar-refractivity contribution is -0.135. The van der Waals surface area contributed by atoms with Crippen molar-refractivity contribution in [1.82, 2.24) is 0 Å². The summed E-state index contributed by atoms with van der Waals surface area (Å²) in [5.41, 5.74) is -0.804. The molecule has 0 saturated carbocycles. The molecule has 1 saturated heterocycles. The molecule has 0 unspecified atom stereocenters. The van der Waals surface area contributed by atoms with Gasteiger partial charge >= 0.3 is 5.97 Å². The van der Waals surface area contributed by atoms with Crippen LogP contribution >= 0.6 is 0 Å². The Labute approximate surface area is 76.2 Å². The summed E-state index contributed by atoms with van der Waals surface area (Å²) in [6.45, 7) is 4.89. The zero-order chi connectivity index (χ0) is 10.2. The van der Waals surface area contributed by atoms with E-state index in [1.165, 1.54) is 0 Å². The van der Waals surface area contributed by atoms with Gasteiger partial charge in [0.15, 0.2) is 6.61 Å². The molecular formula is C9H12O4. The summed E-state index contributed by atoms with van der Waals surface area (Å²) in [7, 11) is 0. The van der Waals surface area contributed by atoms with Gasteiger partial charge in [0.1, 0.15) is 11.3 Å². The normalized spacial score (nSPS) is 21.8. The third kappa shape index (κ3) is 1.71. The summed E-state index contributed by atoms with van der Waals surface area (Å²) in [6.07, 6.45) is 0. The predicted molar refractivity (Wildman–Crippen MR) is 45.1 cm³/mol. The molecule has 0 aromatic carbocycles. The highest BCUT2D eigenvalue weighted by atomic mass is 16.5. The molecule has 1 aliphatic heterocycles. The molecule has 0 atom stereocenters. The Kier molecular flexibility index (Phi) is 2.15. The lowest BCUT2D eigenvalue weighted by atomic mass is 9.90. The Morgan fingerprint density at radius 2 is 1.92 bits per heavy atom. The summed E-state index contributed by atoms with van der Waals surface area (Å²) in [5.74, 6) is -1.37. The van der Waals surface area contributed by atoms with Crippen molar-refractivity contribution in [3.8, 4) is 0 Å². The van der Waals surface area contributed by atoms with Gasteiger partial charge in [-0.25, -0.2) is 4.79 Å². The van der Waals surface area contributed by atoms with E-state index in [2.05, 4.69) is 4.74 Å². The van der Waals surface area contributed by atoms with Crippen LogP contribution in [0.3, 0.4) is 0 Å². The molecule has 0 aliphatic carbocycles. The molecule has 1 N–H and O–H groups in total. The van der Waals surface area contributed by atoms with E-state index in [4.69, 9.17) is 0 Å². The van der Waals surface area contributed by atoms with Crippen molar-refractivity contribution in [3.05, 3.63) is 11.3 Å². The van der Waals surface area contributed by atoms with Crippen LogP contribution in [-0.2, 0) is 14.3 Å². The smallest absolute Gasteiger partial charge is 0.345 e. The molecule has 13 heavy (non-hydrogen) atoms. The maximum absolute atomic E-state index is 11.1. The van der Waals surface area contributed by atoms with Crippen molar-refractivity contribution in [2.24, 2.45) is 5.41 Å². The Balaban J connectivity index is 3.17. The molecule has 72 valence electrons. The maximum Gasteiger partial charge on any atom is 0.345 e. The number of ketones is 1. The summed E-state index contributed by atoms with van der Waals surface area (Å²) in [5, 5.41) is 9.58. The van der Waals surface area contributed by atoms with Crippen LogP contribution in [-0.4, -0.2) is 23.5 Å². The highest BCUT2D eigenvalue weighted by molar-refractivity contribution is 6.22. The number of rotatable bonds is 0. The van der Waals surface area contributed by atoms with E-state index >= 15 is 0 Å². The van der Waals surface area contributed by atoms with Crippen LogP contribution in [0.15, 0.2) is 11.3 Å². The second kappa shape index (κ2) is 2.87. The lowest BCUT2D eigenvalue weighted by Gasteiger charge is -2.17. The fourth-order valence-corrected chi connectivity index (χ4v) is 0.993. The number of aliphatic hydroxyl groups excluding tert-OH is 1. The number of hydrogen-bond acceptors (Lipinski definition) is 4. The predicted octanol–water partition coefficient (Wildman–Crippen LogP) is 0.971. The van der Waals surface area contributed by atoms with Crippen LogP contribution < -0.4 is 0 Å². The minimum Gasteiger partial charge on any atom is -0.511 e. The highest BCUT2D eigenvalue weighted by Crippen LogP contribution is 2.28. The van der Waals surface area contributed by atoms with Crippen molar-refractivity contribution < 1.29 is 19.4 Å². The van der Waals surface area contributed by atoms with Crippen molar-refractivity contribution in [2.75, 3.05) is 6.61 Å². The molecule has 0 bridgehead atoms. The topological polar surface area (TPSA) is 63.6 Å². The van der Waals surface area contributed by atoms with E-state index < -0.39 is 17.2 Å². The molecule has 0 aromatic rings. The number of cyclic esters (lactones) is 1. The molecule has 4 nitrogen and oxygen atoms in total. The molecule has 1 aliphatic rings. The average molecular weight is 184 g/mol. The fourth-order valence-electron chi connectivity index (χ4n) is 0.993. The molecule has 0 amide bonds. The highest BCUT2D eigenvalue weighted by Gasteiger charge is 2.35. The van der Waals surface area contributed by atoms with E-state index in [-0.39, 0.29) is 17.9 Å². The monoisotopic (exact) mass is 184 g/mol. The van der Waals surface area contributed by atoms with Gasteiger partial charge in [-0.15, -0.1) is 0 Å². The standard InChI is InChI=1S/C9H12O4/c1-9(2,3)7(11)6-5(10)4-13-8(6)12/h11H,4H2,1-3H3/b7-6-. The van der Waals surface area contributed by atoms with Gasteiger partial charge in [-0.1, -0.05) is 20.8 Å². The number of ether oxygens (including phenoxy) is 1. The summed E-state index contributed by atoms with van der Waals surface area (Å²) < 4.78 is 4.49. The van der Waals surface area contributed by atoms with Crippen LogP contribution in [0.4, 0.5) is 0 Å². The minimum atomic E-state index is -0.725. The van der Waals surface area contributed by atoms with Crippen molar-refractivity contribution >= 4 is 11.8 Å². The van der Waals surface area contributed by atoms with Crippen LogP contribution in [0.2, 0.25) is 0 Å². The molecule has 1 heterocycles. The first-order valence-corrected chi connectivity index (χ1v) is 3.98. The van der Waals surface area contributed by atoms with Gasteiger partial charge in [0.2, 0.25) is 5.78 Å². The largest absolute Gasteiger partial charge is 0.511 e. The second-order valence-corrected chi connectivity index (χ2v) is 3.97. The molecule has 1 rings (SSSR count). The van der Waals surface area contributed by atoms with Crippen LogP contribution in [0.5, 0.6) is 0 Å². The van der Waals surface area contributed by atoms with E-state index in [1.807, 2.05) is 0 Å². The summed E-state index contributed by atoms with van der Waals surface area (Å²) in [6, 6.07) is 0. The van der Waals surface area contributed by atoms with E-state index in [9.17, 15) is 14.7 Å². The van der Waals surface area contributed by atoms with Crippen molar-refractivity contribution in [3.63, 3.8) is 0 Å². The number of esters is 1. The number of carbonyl (C=O) groups excluding carboxylic acids is 2. The van der Waals surface area contributed by atoms with Gasteiger partial charge < -0.3 is 9.84 Å². The van der Waals surface area contributed by atoms with Gasteiger partial charge in [-0.3, -0.25) is 4.79 Å². The third-order valence-corrected chi connectivity index (χ3v) is 1.76. The quantitative estimate of drug-likeness (QED) is 0.264. The van der Waals surface area contributed by atoms with E-state index in [0.29, 0.717) is 0 Å². The van der Waals surface area contributed by atoms with Gasteiger partial charge in [-0.05, 0) is 0 Å². The SMILES string of the molecule is CC(C)(C)/C(O)=C1\C(=O)COC1=O. The van der Waals surface area contributed by atoms with Crippen molar-refractivity contribution in [1.29, 1.82) is 0 Å². The van der Waals surface area contributed by atoms with Gasteiger partial charge in [0.25, 0.3) is 0 Å². The molecule has 1 fully saturated rings. The molecular weight excluding hydrogens is 172 g/mol. The Hall–Kier alpha value is -1.32. The number of hydrogen-bond donors (Lipinski definition) is 1. The number of carbonyl (C=O) groups is 2. The Morgan fingerprint density at radius 1 is 1.38 bits per heavy atom. The molecule has 0 spiro atoms. The zero-order valence-electron chi connectivity index (χ0n) is 7.88. The number of aliphatic hydroxyl groups is 1. The average Bonchev–Trinajstić information content (AvgIpc) is 2.28. The Bertz CT molecular complexity index is 275. The van der Waals surface area contributed by atoms with E-state index in [0.717, 1.165) is 0 Å². The Morgan fingerprint density at radius 3 is 2.23 bits per heavy atom.